The Morgan fingerprint density at radius 2 is 1.61 bits per heavy atom. The summed E-state index contributed by atoms with van der Waals surface area (Å²) in [5.74, 6) is -1.51. The first-order valence-electron chi connectivity index (χ1n) is 5.71. The second kappa shape index (κ2) is 5.16. The van der Waals surface area contributed by atoms with Gasteiger partial charge in [0, 0.05) is 6.92 Å². The minimum Gasteiger partial charge on any atom is -0.349 e. The van der Waals surface area contributed by atoms with Crippen molar-refractivity contribution in [3.63, 3.8) is 0 Å². The summed E-state index contributed by atoms with van der Waals surface area (Å²) in [6.07, 6.45) is 0. The molecule has 0 aromatic carbocycles. The van der Waals surface area contributed by atoms with E-state index >= 15 is 0 Å². The number of carbonyl (C=O) groups excluding carboxylic acids is 2. The van der Waals surface area contributed by atoms with Crippen molar-refractivity contribution in [2.45, 2.75) is 40.4 Å². The van der Waals surface area contributed by atoms with Gasteiger partial charge in [0.2, 0.25) is 0 Å². The second-order valence-electron chi connectivity index (χ2n) is 5.15. The molecule has 0 atom stereocenters. The van der Waals surface area contributed by atoms with Crippen LogP contribution in [-0.4, -0.2) is 36.5 Å². The zero-order chi connectivity index (χ0) is 14.0. The van der Waals surface area contributed by atoms with Crippen LogP contribution in [0.15, 0.2) is 5.16 Å². The third-order valence-corrected chi connectivity index (χ3v) is 2.74. The van der Waals surface area contributed by atoms with Gasteiger partial charge in [-0.1, -0.05) is 5.16 Å². The molecule has 6 heteroatoms. The van der Waals surface area contributed by atoms with E-state index in [1.165, 1.54) is 13.8 Å². The first-order chi connectivity index (χ1) is 8.16. The summed E-state index contributed by atoms with van der Waals surface area (Å²) in [6, 6.07) is 0. The van der Waals surface area contributed by atoms with Crippen molar-refractivity contribution in [3.05, 3.63) is 0 Å². The van der Waals surface area contributed by atoms with Crippen LogP contribution in [-0.2, 0) is 23.9 Å². The number of oxime groups is 1. The number of hydrogen-bond donors (Lipinski definition) is 0. The topological polar surface area (TPSA) is 74.2 Å². The molecule has 6 nitrogen and oxygen atoms in total. The lowest BCUT2D eigenvalue weighted by molar-refractivity contribution is -0.281. The van der Waals surface area contributed by atoms with Gasteiger partial charge >= 0.3 is 5.97 Å². The zero-order valence-corrected chi connectivity index (χ0v) is 11.4. The van der Waals surface area contributed by atoms with E-state index in [1.807, 2.05) is 0 Å². The van der Waals surface area contributed by atoms with Gasteiger partial charge in [-0.25, -0.2) is 4.79 Å². The van der Waals surface area contributed by atoms with Crippen LogP contribution in [0.4, 0.5) is 0 Å². The Morgan fingerprint density at radius 1 is 1.11 bits per heavy atom. The number of carbonyl (C=O) groups is 2. The molecule has 0 amide bonds. The van der Waals surface area contributed by atoms with E-state index in [2.05, 4.69) is 5.16 Å². The van der Waals surface area contributed by atoms with Gasteiger partial charge in [0.15, 0.2) is 11.6 Å². The highest BCUT2D eigenvalue weighted by Gasteiger charge is 2.43. The van der Waals surface area contributed by atoms with Crippen molar-refractivity contribution in [3.8, 4) is 0 Å². The van der Waals surface area contributed by atoms with Gasteiger partial charge in [0.05, 0.1) is 13.2 Å². The molecule has 0 radical (unpaired) electrons. The minimum atomic E-state index is -0.907. The van der Waals surface area contributed by atoms with Crippen LogP contribution in [0.2, 0.25) is 0 Å². The summed E-state index contributed by atoms with van der Waals surface area (Å²) in [7, 11) is 0. The van der Waals surface area contributed by atoms with Crippen LogP contribution in [0.1, 0.15) is 34.6 Å². The molecule has 18 heavy (non-hydrogen) atoms. The summed E-state index contributed by atoms with van der Waals surface area (Å²) in [4.78, 5) is 27.5. The summed E-state index contributed by atoms with van der Waals surface area (Å²) < 4.78 is 10.8. The van der Waals surface area contributed by atoms with Crippen LogP contribution < -0.4 is 0 Å². The maximum absolute atomic E-state index is 11.9. The molecule has 0 aromatic heterocycles. The van der Waals surface area contributed by atoms with Crippen molar-refractivity contribution in [2.75, 3.05) is 13.2 Å². The molecule has 0 aliphatic carbocycles. The molecular weight excluding hydrogens is 238 g/mol. The predicted octanol–water partition coefficient (Wildman–Crippen LogP) is 1.28. The third-order valence-electron chi connectivity index (χ3n) is 2.74. The summed E-state index contributed by atoms with van der Waals surface area (Å²) >= 11 is 0. The smallest absolute Gasteiger partial charge is 0.345 e. The Labute approximate surface area is 106 Å². The first-order valence-corrected chi connectivity index (χ1v) is 5.71. The Bertz CT molecular complexity index is 376. The van der Waals surface area contributed by atoms with E-state index in [4.69, 9.17) is 14.3 Å². The molecular formula is C12H19NO5. The van der Waals surface area contributed by atoms with Crippen LogP contribution in [0, 0.1) is 5.41 Å². The van der Waals surface area contributed by atoms with Gasteiger partial charge in [0.25, 0.3) is 0 Å². The van der Waals surface area contributed by atoms with Crippen molar-refractivity contribution in [1.82, 2.24) is 0 Å². The van der Waals surface area contributed by atoms with Gasteiger partial charge in [0.1, 0.15) is 11.1 Å². The van der Waals surface area contributed by atoms with E-state index in [0.717, 1.165) is 0 Å². The maximum atomic E-state index is 11.9. The molecule has 1 fully saturated rings. The lowest BCUT2D eigenvalue weighted by Gasteiger charge is -2.39. The van der Waals surface area contributed by atoms with Crippen molar-refractivity contribution in [2.24, 2.45) is 10.6 Å². The average molecular weight is 257 g/mol. The fourth-order valence-corrected chi connectivity index (χ4v) is 1.15. The van der Waals surface area contributed by atoms with Crippen LogP contribution in [0.3, 0.4) is 0 Å². The summed E-state index contributed by atoms with van der Waals surface area (Å²) in [5.41, 5.74) is -0.763. The monoisotopic (exact) mass is 257 g/mol. The Morgan fingerprint density at radius 3 is 2.06 bits per heavy atom. The molecule has 0 saturated carbocycles. The molecule has 1 rings (SSSR count). The molecule has 0 aromatic rings. The lowest BCUT2D eigenvalue weighted by Crippen LogP contribution is -2.49. The van der Waals surface area contributed by atoms with E-state index < -0.39 is 17.2 Å². The molecule has 102 valence electrons. The quantitative estimate of drug-likeness (QED) is 0.432. The van der Waals surface area contributed by atoms with Gasteiger partial charge in [-0.15, -0.1) is 0 Å². The maximum Gasteiger partial charge on any atom is 0.345 e. The summed E-state index contributed by atoms with van der Waals surface area (Å²) in [6.45, 7) is 8.43. The van der Waals surface area contributed by atoms with Gasteiger partial charge < -0.3 is 14.3 Å². The molecule has 1 saturated heterocycles. The average Bonchev–Trinajstić information content (AvgIpc) is 2.29. The minimum absolute atomic E-state index is 0.143. The highest BCUT2D eigenvalue weighted by atomic mass is 16.7. The number of nitrogens with zero attached hydrogens (tertiary/aromatic N) is 1. The molecule has 0 unspecified atom stereocenters. The third kappa shape index (κ3) is 3.61. The lowest BCUT2D eigenvalue weighted by atomic mass is 9.92. The van der Waals surface area contributed by atoms with Crippen molar-refractivity contribution >= 4 is 17.5 Å². The zero-order valence-electron chi connectivity index (χ0n) is 11.4. The Hall–Kier alpha value is -1.27. The molecule has 0 spiro atoms. The fourth-order valence-electron chi connectivity index (χ4n) is 1.15. The van der Waals surface area contributed by atoms with Crippen molar-refractivity contribution < 1.29 is 23.9 Å². The van der Waals surface area contributed by atoms with Crippen LogP contribution >= 0.6 is 0 Å². The summed E-state index contributed by atoms with van der Waals surface area (Å²) in [5, 5.41) is 3.49. The van der Waals surface area contributed by atoms with E-state index in [-0.39, 0.29) is 24.7 Å². The molecule has 1 heterocycles. The van der Waals surface area contributed by atoms with Crippen LogP contribution in [0.25, 0.3) is 0 Å². The van der Waals surface area contributed by atoms with Gasteiger partial charge in [-0.2, -0.15) is 0 Å². The highest BCUT2D eigenvalue weighted by molar-refractivity contribution is 6.37. The number of Topliss-reactive ketones (excluding diaryl/α,β-unsaturated/α-hetero) is 1. The molecule has 1 aliphatic heterocycles. The molecule has 1 aliphatic rings. The number of hydrogen-bond acceptors (Lipinski definition) is 6. The predicted molar refractivity (Wildman–Crippen MR) is 64.0 cm³/mol. The van der Waals surface area contributed by atoms with Gasteiger partial charge in [-0.3, -0.25) is 4.79 Å². The fraction of sp³-hybridized carbons (Fsp3) is 0.750. The van der Waals surface area contributed by atoms with E-state index in [0.29, 0.717) is 0 Å². The number of ether oxygens (including phenoxy) is 2. The van der Waals surface area contributed by atoms with Crippen LogP contribution in [0.5, 0.6) is 0 Å². The number of ketones is 1. The highest BCUT2D eigenvalue weighted by Crippen LogP contribution is 2.30. The molecule has 0 bridgehead atoms. The Balaban J connectivity index is 2.62. The van der Waals surface area contributed by atoms with Crippen molar-refractivity contribution in [1.29, 1.82) is 0 Å². The normalized spacial score (nSPS) is 22.4. The molecule has 0 N–H and O–H groups in total. The van der Waals surface area contributed by atoms with E-state index in [1.54, 1.807) is 20.8 Å². The van der Waals surface area contributed by atoms with E-state index in [9.17, 15) is 9.59 Å². The largest absolute Gasteiger partial charge is 0.349 e. The van der Waals surface area contributed by atoms with Gasteiger partial charge in [-0.05, 0) is 27.7 Å². The Kier molecular flexibility index (Phi) is 4.24. The second-order valence-corrected chi connectivity index (χ2v) is 5.15. The number of rotatable bonds is 3. The SMILES string of the molecule is CC(=O)/C(C)=N/OC(=O)C1(C)COC(C)(C)OC1. The standard InChI is InChI=1S/C12H19NO5/c1-8(9(2)14)13-18-10(15)12(5)6-16-11(3,4)17-7-12/h6-7H2,1-5H3/b13-8+. The first kappa shape index (κ1) is 14.8.